The molecule has 0 heterocycles. The van der Waals surface area contributed by atoms with E-state index in [-0.39, 0.29) is 5.97 Å². The summed E-state index contributed by atoms with van der Waals surface area (Å²) in [6.07, 6.45) is 4.82. The molecular formula is C11H18O2. The summed E-state index contributed by atoms with van der Waals surface area (Å²) < 4.78 is 4.74. The van der Waals surface area contributed by atoms with Gasteiger partial charge >= 0.3 is 5.97 Å². The van der Waals surface area contributed by atoms with Crippen LogP contribution in [-0.4, -0.2) is 12.6 Å². The van der Waals surface area contributed by atoms with Crippen molar-refractivity contribution in [1.29, 1.82) is 0 Å². The number of esters is 1. The van der Waals surface area contributed by atoms with Gasteiger partial charge < -0.3 is 4.74 Å². The maximum atomic E-state index is 10.4. The van der Waals surface area contributed by atoms with Gasteiger partial charge in [-0.2, -0.15) is 0 Å². The summed E-state index contributed by atoms with van der Waals surface area (Å²) in [6.45, 7) is 8.08. The molecule has 0 amide bonds. The topological polar surface area (TPSA) is 26.3 Å². The van der Waals surface area contributed by atoms with Crippen LogP contribution in [-0.2, 0) is 9.53 Å². The smallest absolute Gasteiger partial charge is 0.302 e. The van der Waals surface area contributed by atoms with E-state index in [9.17, 15) is 4.79 Å². The Kier molecular flexibility index (Phi) is 5.94. The van der Waals surface area contributed by atoms with E-state index < -0.39 is 0 Å². The maximum absolute atomic E-state index is 10.4. The summed E-state index contributed by atoms with van der Waals surface area (Å²) in [5.41, 5.74) is 2.70. The van der Waals surface area contributed by atoms with Crippen molar-refractivity contribution >= 4 is 5.97 Å². The minimum atomic E-state index is -0.233. The van der Waals surface area contributed by atoms with Gasteiger partial charge in [-0.25, -0.2) is 0 Å². The Bertz CT molecular complexity index is 220. The van der Waals surface area contributed by atoms with Crippen LogP contribution in [0.25, 0.3) is 0 Å². The van der Waals surface area contributed by atoms with Crippen molar-refractivity contribution in [2.24, 2.45) is 0 Å². The second kappa shape index (κ2) is 6.46. The van der Waals surface area contributed by atoms with Crippen molar-refractivity contribution in [2.45, 2.75) is 34.1 Å². The van der Waals surface area contributed by atoms with Gasteiger partial charge in [0.1, 0.15) is 6.61 Å². The second-order valence-electron chi connectivity index (χ2n) is 3.26. The Hall–Kier alpha value is -1.05. The van der Waals surface area contributed by atoms with E-state index in [1.54, 1.807) is 0 Å². The fourth-order valence-electron chi connectivity index (χ4n) is 0.698. The van der Waals surface area contributed by atoms with Crippen molar-refractivity contribution < 1.29 is 9.53 Å². The predicted molar refractivity (Wildman–Crippen MR) is 54.4 cm³/mol. The zero-order valence-electron chi connectivity index (χ0n) is 8.89. The van der Waals surface area contributed by atoms with E-state index in [4.69, 9.17) is 4.74 Å². The standard InChI is InChI=1S/C11H18O2/c1-9(2)10(3)7-5-6-8-13-11(4)12/h5-6H,7-8H2,1-4H3/b6-5+. The molecule has 13 heavy (non-hydrogen) atoms. The van der Waals surface area contributed by atoms with Crippen LogP contribution in [0.1, 0.15) is 34.1 Å². The highest BCUT2D eigenvalue weighted by atomic mass is 16.5. The summed E-state index contributed by atoms with van der Waals surface area (Å²) in [4.78, 5) is 10.4. The summed E-state index contributed by atoms with van der Waals surface area (Å²) in [5.74, 6) is -0.233. The predicted octanol–water partition coefficient (Wildman–Crippen LogP) is 2.85. The zero-order valence-corrected chi connectivity index (χ0v) is 8.89. The molecule has 0 atom stereocenters. The van der Waals surface area contributed by atoms with Gasteiger partial charge in [0, 0.05) is 6.92 Å². The molecule has 0 saturated carbocycles. The van der Waals surface area contributed by atoms with E-state index >= 15 is 0 Å². The lowest BCUT2D eigenvalue weighted by atomic mass is 10.1. The van der Waals surface area contributed by atoms with Crippen molar-refractivity contribution in [3.05, 3.63) is 23.3 Å². The molecule has 0 spiro atoms. The van der Waals surface area contributed by atoms with Crippen LogP contribution in [0, 0.1) is 0 Å². The van der Waals surface area contributed by atoms with Gasteiger partial charge in [-0.3, -0.25) is 4.79 Å². The lowest BCUT2D eigenvalue weighted by Crippen LogP contribution is -1.97. The van der Waals surface area contributed by atoms with Gasteiger partial charge in [-0.1, -0.05) is 23.3 Å². The third kappa shape index (κ3) is 7.32. The Morgan fingerprint density at radius 1 is 1.15 bits per heavy atom. The van der Waals surface area contributed by atoms with E-state index in [0.717, 1.165) is 6.42 Å². The molecule has 0 aromatic heterocycles. The van der Waals surface area contributed by atoms with Crippen LogP contribution in [0.2, 0.25) is 0 Å². The first-order valence-electron chi connectivity index (χ1n) is 4.45. The van der Waals surface area contributed by atoms with Crippen LogP contribution >= 0.6 is 0 Å². The number of hydrogen-bond acceptors (Lipinski definition) is 2. The molecule has 0 unspecified atom stereocenters. The third-order valence-corrected chi connectivity index (χ3v) is 1.83. The Morgan fingerprint density at radius 2 is 1.77 bits per heavy atom. The lowest BCUT2D eigenvalue weighted by molar-refractivity contribution is -0.139. The van der Waals surface area contributed by atoms with Crippen LogP contribution in [0.3, 0.4) is 0 Å². The molecular weight excluding hydrogens is 164 g/mol. The quantitative estimate of drug-likeness (QED) is 0.493. The lowest BCUT2D eigenvalue weighted by Gasteiger charge is -1.98. The number of allylic oxidation sites excluding steroid dienone is 3. The minimum absolute atomic E-state index is 0.233. The molecule has 0 aliphatic carbocycles. The normalized spacial score (nSPS) is 10.2. The monoisotopic (exact) mass is 182 g/mol. The van der Waals surface area contributed by atoms with E-state index in [2.05, 4.69) is 20.8 Å². The maximum Gasteiger partial charge on any atom is 0.302 e. The average Bonchev–Trinajstić information content (AvgIpc) is 2.02. The largest absolute Gasteiger partial charge is 0.462 e. The van der Waals surface area contributed by atoms with E-state index in [0.29, 0.717) is 6.61 Å². The highest BCUT2D eigenvalue weighted by Gasteiger charge is 1.89. The van der Waals surface area contributed by atoms with Crippen molar-refractivity contribution in [3.8, 4) is 0 Å². The van der Waals surface area contributed by atoms with Gasteiger partial charge in [0.05, 0.1) is 0 Å². The molecule has 0 aromatic carbocycles. The summed E-state index contributed by atoms with van der Waals surface area (Å²) in [6, 6.07) is 0. The highest BCUT2D eigenvalue weighted by Crippen LogP contribution is 2.06. The second-order valence-corrected chi connectivity index (χ2v) is 3.26. The average molecular weight is 182 g/mol. The summed E-state index contributed by atoms with van der Waals surface area (Å²) in [7, 11) is 0. The van der Waals surface area contributed by atoms with Gasteiger partial charge in [0.2, 0.25) is 0 Å². The zero-order chi connectivity index (χ0) is 10.3. The fraction of sp³-hybridized carbons (Fsp3) is 0.545. The van der Waals surface area contributed by atoms with Crippen molar-refractivity contribution in [1.82, 2.24) is 0 Å². The number of carbonyl (C=O) groups excluding carboxylic acids is 1. The molecule has 0 N–H and O–H groups in total. The molecule has 0 fully saturated rings. The first-order chi connectivity index (χ1) is 6.04. The molecule has 0 radical (unpaired) electrons. The number of rotatable bonds is 4. The van der Waals surface area contributed by atoms with Crippen molar-refractivity contribution in [2.75, 3.05) is 6.61 Å². The molecule has 0 aliphatic heterocycles. The molecule has 0 aliphatic rings. The number of hydrogen-bond donors (Lipinski definition) is 0. The molecule has 2 heteroatoms. The van der Waals surface area contributed by atoms with Crippen LogP contribution in [0.4, 0.5) is 0 Å². The molecule has 0 rings (SSSR count). The minimum Gasteiger partial charge on any atom is -0.462 e. The first-order valence-corrected chi connectivity index (χ1v) is 4.45. The first kappa shape index (κ1) is 11.9. The van der Waals surface area contributed by atoms with E-state index in [1.807, 2.05) is 12.2 Å². The third-order valence-electron chi connectivity index (χ3n) is 1.83. The number of carbonyl (C=O) groups is 1. The van der Waals surface area contributed by atoms with Gasteiger partial charge in [0.25, 0.3) is 0 Å². The van der Waals surface area contributed by atoms with Crippen molar-refractivity contribution in [3.63, 3.8) is 0 Å². The molecule has 2 nitrogen and oxygen atoms in total. The summed E-state index contributed by atoms with van der Waals surface area (Å²) >= 11 is 0. The van der Waals surface area contributed by atoms with Crippen LogP contribution in [0.15, 0.2) is 23.3 Å². The summed E-state index contributed by atoms with van der Waals surface area (Å²) in [5, 5.41) is 0. The number of ether oxygens (including phenoxy) is 1. The van der Waals surface area contributed by atoms with Gasteiger partial charge in [-0.15, -0.1) is 0 Å². The van der Waals surface area contributed by atoms with Crippen LogP contribution < -0.4 is 0 Å². The Labute approximate surface area is 80.3 Å². The molecule has 0 bridgehead atoms. The van der Waals surface area contributed by atoms with E-state index in [1.165, 1.54) is 18.1 Å². The molecule has 0 saturated heterocycles. The van der Waals surface area contributed by atoms with Gasteiger partial charge in [0.15, 0.2) is 0 Å². The fourth-order valence-corrected chi connectivity index (χ4v) is 0.698. The van der Waals surface area contributed by atoms with Gasteiger partial charge in [-0.05, 0) is 27.2 Å². The Balaban J connectivity index is 3.65. The van der Waals surface area contributed by atoms with Crippen LogP contribution in [0.5, 0.6) is 0 Å². The Morgan fingerprint density at radius 3 is 2.23 bits per heavy atom. The molecule has 74 valence electrons. The molecule has 0 aromatic rings. The highest BCUT2D eigenvalue weighted by molar-refractivity contribution is 5.65. The SMILES string of the molecule is CC(=O)OC/C=C/CC(C)=C(C)C.